The highest BCUT2D eigenvalue weighted by Crippen LogP contribution is 2.28. The van der Waals surface area contributed by atoms with Gasteiger partial charge in [0, 0.05) is 77.2 Å². The zero-order chi connectivity index (χ0) is 19.8. The van der Waals surface area contributed by atoms with E-state index in [9.17, 15) is 14.4 Å². The van der Waals surface area contributed by atoms with Crippen molar-refractivity contribution < 1.29 is 14.4 Å². The van der Waals surface area contributed by atoms with Crippen LogP contribution in [0.1, 0.15) is 49.2 Å². The Morgan fingerprint density at radius 1 is 1.14 bits per heavy atom. The van der Waals surface area contributed by atoms with Crippen molar-refractivity contribution in [2.45, 2.75) is 45.1 Å². The highest BCUT2D eigenvalue weighted by atomic mass is 16.2. The number of amides is 3. The van der Waals surface area contributed by atoms with E-state index in [0.29, 0.717) is 32.0 Å². The number of carbonyl (C=O) groups excluding carboxylic acids is 3. The van der Waals surface area contributed by atoms with Gasteiger partial charge in [-0.2, -0.15) is 0 Å². The van der Waals surface area contributed by atoms with E-state index in [-0.39, 0.29) is 23.6 Å². The second-order valence-corrected chi connectivity index (χ2v) is 8.17. The maximum atomic E-state index is 12.8. The molecule has 150 valence electrons. The summed E-state index contributed by atoms with van der Waals surface area (Å²) in [4.78, 5) is 50.7. The molecule has 4 rings (SSSR count). The van der Waals surface area contributed by atoms with Gasteiger partial charge in [-0.15, -0.1) is 0 Å². The molecule has 3 amide bonds. The summed E-state index contributed by atoms with van der Waals surface area (Å²) in [5, 5.41) is 0. The summed E-state index contributed by atoms with van der Waals surface area (Å²) < 4.78 is 0. The van der Waals surface area contributed by atoms with Gasteiger partial charge in [-0.05, 0) is 12.8 Å². The molecule has 2 saturated heterocycles. The van der Waals surface area contributed by atoms with E-state index in [1.165, 1.54) is 0 Å². The van der Waals surface area contributed by atoms with Crippen molar-refractivity contribution in [3.63, 3.8) is 0 Å². The molecular formula is C20H27N5O3. The second kappa shape index (κ2) is 7.48. The summed E-state index contributed by atoms with van der Waals surface area (Å²) in [6.45, 7) is 4.80. The minimum atomic E-state index is -0.231. The van der Waals surface area contributed by atoms with E-state index in [0.717, 1.165) is 49.4 Å². The molecule has 2 fully saturated rings. The molecule has 4 heterocycles. The molecule has 0 N–H and O–H groups in total. The molecule has 1 aromatic heterocycles. The Labute approximate surface area is 164 Å². The van der Waals surface area contributed by atoms with Gasteiger partial charge in [0.25, 0.3) is 0 Å². The number of hydrogen-bond acceptors (Lipinski definition) is 5. The van der Waals surface area contributed by atoms with Crippen LogP contribution in [0.15, 0.2) is 6.20 Å². The minimum Gasteiger partial charge on any atom is -0.345 e. The Bertz CT molecular complexity index is 803. The van der Waals surface area contributed by atoms with Gasteiger partial charge in [0.1, 0.15) is 5.82 Å². The maximum absolute atomic E-state index is 12.8. The van der Waals surface area contributed by atoms with Crippen LogP contribution in [0.4, 0.5) is 0 Å². The molecule has 1 atom stereocenters. The van der Waals surface area contributed by atoms with Crippen LogP contribution in [0.2, 0.25) is 0 Å². The fraction of sp³-hybridized carbons (Fsp3) is 0.650. The monoisotopic (exact) mass is 385 g/mol. The molecule has 0 bridgehead atoms. The lowest BCUT2D eigenvalue weighted by Crippen LogP contribution is -2.41. The molecule has 28 heavy (non-hydrogen) atoms. The highest BCUT2D eigenvalue weighted by molar-refractivity contribution is 5.89. The Morgan fingerprint density at radius 2 is 1.89 bits per heavy atom. The molecule has 0 radical (unpaired) electrons. The number of hydrogen-bond donors (Lipinski definition) is 0. The lowest BCUT2D eigenvalue weighted by Gasteiger charge is -2.32. The maximum Gasteiger partial charge on any atom is 0.228 e. The average Bonchev–Trinajstić information content (AvgIpc) is 3.05. The number of aromatic nitrogens is 2. The van der Waals surface area contributed by atoms with E-state index in [2.05, 4.69) is 4.98 Å². The average molecular weight is 385 g/mol. The van der Waals surface area contributed by atoms with E-state index < -0.39 is 0 Å². The lowest BCUT2D eigenvalue weighted by molar-refractivity contribution is -0.136. The number of rotatable bonds is 2. The third-order valence-electron chi connectivity index (χ3n) is 6.26. The SMILES string of the molecule is CC(=O)N1CCC(c2ncc3c(n2)CCN(C(=O)[C@@H]2CC(=O)N(C)C2)C3)CC1. The van der Waals surface area contributed by atoms with Crippen molar-refractivity contribution in [3.05, 3.63) is 23.3 Å². The quantitative estimate of drug-likeness (QED) is 0.743. The van der Waals surface area contributed by atoms with Crippen LogP contribution in [0.3, 0.4) is 0 Å². The van der Waals surface area contributed by atoms with Crippen LogP contribution in [0.5, 0.6) is 0 Å². The van der Waals surface area contributed by atoms with E-state index in [1.807, 2.05) is 16.0 Å². The van der Waals surface area contributed by atoms with Crippen molar-refractivity contribution in [2.75, 3.05) is 33.2 Å². The Kier molecular flexibility index (Phi) is 5.03. The molecule has 8 nitrogen and oxygen atoms in total. The molecule has 0 aromatic carbocycles. The van der Waals surface area contributed by atoms with Crippen molar-refractivity contribution in [1.29, 1.82) is 0 Å². The molecule has 0 unspecified atom stereocenters. The van der Waals surface area contributed by atoms with Crippen LogP contribution in [0, 0.1) is 5.92 Å². The molecular weight excluding hydrogens is 358 g/mol. The smallest absolute Gasteiger partial charge is 0.228 e. The number of fused-ring (bicyclic) bond motifs is 1. The lowest BCUT2D eigenvalue weighted by atomic mass is 9.95. The molecule has 3 aliphatic rings. The van der Waals surface area contributed by atoms with E-state index >= 15 is 0 Å². The molecule has 0 aliphatic carbocycles. The minimum absolute atomic E-state index is 0.0413. The Balaban J connectivity index is 1.40. The summed E-state index contributed by atoms with van der Waals surface area (Å²) >= 11 is 0. The fourth-order valence-electron chi connectivity index (χ4n) is 4.46. The summed E-state index contributed by atoms with van der Waals surface area (Å²) in [5.41, 5.74) is 2.03. The first-order valence-electron chi connectivity index (χ1n) is 10.1. The largest absolute Gasteiger partial charge is 0.345 e. The standard InChI is InChI=1S/C20H27N5O3/c1-13(26)24-6-3-14(4-7-24)19-21-10-16-12-25(8-5-17(16)22-19)20(28)15-9-18(27)23(2)11-15/h10,14-15H,3-9,11-12H2,1-2H3/t15-/m1/s1. The molecule has 3 aliphatic heterocycles. The predicted molar refractivity (Wildman–Crippen MR) is 101 cm³/mol. The van der Waals surface area contributed by atoms with Crippen LogP contribution < -0.4 is 0 Å². The predicted octanol–water partition coefficient (Wildman–Crippen LogP) is 0.566. The zero-order valence-electron chi connectivity index (χ0n) is 16.6. The third kappa shape index (κ3) is 3.59. The van der Waals surface area contributed by atoms with Gasteiger partial charge >= 0.3 is 0 Å². The third-order valence-corrected chi connectivity index (χ3v) is 6.26. The number of carbonyl (C=O) groups is 3. The van der Waals surface area contributed by atoms with E-state index in [4.69, 9.17) is 4.98 Å². The first-order valence-corrected chi connectivity index (χ1v) is 10.1. The number of piperidine rings is 1. The molecule has 0 saturated carbocycles. The van der Waals surface area contributed by atoms with Crippen molar-refractivity contribution in [3.8, 4) is 0 Å². The van der Waals surface area contributed by atoms with Crippen molar-refractivity contribution in [2.24, 2.45) is 5.92 Å². The summed E-state index contributed by atoms with van der Waals surface area (Å²) in [5.74, 6) is 1.16. The summed E-state index contributed by atoms with van der Waals surface area (Å²) in [6, 6.07) is 0. The first-order chi connectivity index (χ1) is 13.4. The topological polar surface area (TPSA) is 86.7 Å². The van der Waals surface area contributed by atoms with Gasteiger partial charge in [0.15, 0.2) is 0 Å². The zero-order valence-corrected chi connectivity index (χ0v) is 16.6. The highest BCUT2D eigenvalue weighted by Gasteiger charge is 2.36. The second-order valence-electron chi connectivity index (χ2n) is 8.17. The molecule has 0 spiro atoms. The van der Waals surface area contributed by atoms with Crippen LogP contribution in [0.25, 0.3) is 0 Å². The number of likely N-dealkylation sites (tertiary alicyclic amines) is 2. The van der Waals surface area contributed by atoms with Crippen LogP contribution >= 0.6 is 0 Å². The fourth-order valence-corrected chi connectivity index (χ4v) is 4.46. The molecule has 1 aromatic rings. The Morgan fingerprint density at radius 3 is 2.54 bits per heavy atom. The van der Waals surface area contributed by atoms with Gasteiger partial charge in [0.05, 0.1) is 11.6 Å². The van der Waals surface area contributed by atoms with Gasteiger partial charge in [-0.25, -0.2) is 9.97 Å². The van der Waals surface area contributed by atoms with Crippen molar-refractivity contribution in [1.82, 2.24) is 24.7 Å². The van der Waals surface area contributed by atoms with Gasteiger partial charge < -0.3 is 14.7 Å². The summed E-state index contributed by atoms with van der Waals surface area (Å²) in [7, 11) is 1.75. The normalized spacial score (nSPS) is 23.1. The van der Waals surface area contributed by atoms with Crippen molar-refractivity contribution >= 4 is 17.7 Å². The van der Waals surface area contributed by atoms with E-state index in [1.54, 1.807) is 18.9 Å². The molecule has 8 heteroatoms. The van der Waals surface area contributed by atoms with Crippen LogP contribution in [-0.2, 0) is 27.3 Å². The van der Waals surface area contributed by atoms with Crippen LogP contribution in [-0.4, -0.2) is 75.6 Å². The Hall–Kier alpha value is -2.51. The van der Waals surface area contributed by atoms with Gasteiger partial charge in [-0.3, -0.25) is 14.4 Å². The summed E-state index contributed by atoms with van der Waals surface area (Å²) in [6.07, 6.45) is 4.69. The van der Waals surface area contributed by atoms with Gasteiger partial charge in [0.2, 0.25) is 17.7 Å². The number of nitrogens with zero attached hydrogens (tertiary/aromatic N) is 5. The van der Waals surface area contributed by atoms with Gasteiger partial charge in [-0.1, -0.05) is 0 Å². The first kappa shape index (κ1) is 18.8.